The Kier molecular flexibility index (Phi) is 9.15. The molecule has 1 atom stereocenters. The van der Waals surface area contributed by atoms with Gasteiger partial charge in [0.2, 0.25) is 0 Å². The van der Waals surface area contributed by atoms with Crippen molar-refractivity contribution in [2.24, 2.45) is 0 Å². The number of aryl methyl sites for hydroxylation is 1. The van der Waals surface area contributed by atoms with Crippen LogP contribution in [0.25, 0.3) is 0 Å². The number of rotatable bonds is 6. The van der Waals surface area contributed by atoms with Gasteiger partial charge < -0.3 is 4.89 Å². The zero-order valence-electron chi connectivity index (χ0n) is 8.28. The Morgan fingerprint density at radius 3 is 2.33 bits per heavy atom. The summed E-state index contributed by atoms with van der Waals surface area (Å²) in [6.45, 7) is 0. The van der Waals surface area contributed by atoms with E-state index < -0.39 is 8.03 Å². The van der Waals surface area contributed by atoms with Crippen LogP contribution in [0.3, 0.4) is 0 Å². The Hall–Kier alpha value is -0.0575. The lowest BCUT2D eigenvalue weighted by atomic mass is 10.1. The van der Waals surface area contributed by atoms with Gasteiger partial charge in [-0.15, -0.1) is 0 Å². The molecule has 1 N–H and O–H groups in total. The summed E-state index contributed by atoms with van der Waals surface area (Å²) in [6.07, 6.45) is 4.60. The Labute approximate surface area is 103 Å². The van der Waals surface area contributed by atoms with Crippen molar-refractivity contribution in [1.29, 1.82) is 0 Å². The van der Waals surface area contributed by atoms with Crippen LogP contribution in [0.5, 0.6) is 0 Å². The molecule has 0 spiro atoms. The van der Waals surface area contributed by atoms with E-state index >= 15 is 0 Å². The molecule has 0 amide bonds. The molecule has 1 rings (SSSR count). The van der Waals surface area contributed by atoms with Crippen LogP contribution >= 0.6 is 8.03 Å². The van der Waals surface area contributed by atoms with E-state index in [0.717, 1.165) is 25.7 Å². The van der Waals surface area contributed by atoms with Gasteiger partial charge in [0.15, 0.2) is 25.4 Å². The van der Waals surface area contributed by atoms with E-state index in [2.05, 4.69) is 12.1 Å². The summed E-state index contributed by atoms with van der Waals surface area (Å²) in [4.78, 5) is 8.62. The smallest absolute Gasteiger partial charge is 0.189 e. The maximum absolute atomic E-state index is 10.4. The second-order valence-electron chi connectivity index (χ2n) is 3.44. The standard InChI is InChI=1S/C11H17O2P.Al.3H/c12-14(13)10-6-2-5-9-11-7-3-1-4-8-11;;;;/h1,3-4,7-8,14H,2,5-6,9-10H2,(H,12,13);;;;. The quantitative estimate of drug-likeness (QED) is 0.468. The van der Waals surface area contributed by atoms with E-state index in [9.17, 15) is 4.57 Å². The van der Waals surface area contributed by atoms with Crippen molar-refractivity contribution in [3.63, 3.8) is 0 Å². The van der Waals surface area contributed by atoms with Crippen LogP contribution in [-0.4, -0.2) is 28.4 Å². The maximum atomic E-state index is 10.4. The molecule has 0 aliphatic rings. The molecule has 0 saturated heterocycles. The summed E-state index contributed by atoms with van der Waals surface area (Å²) >= 11 is 0. The van der Waals surface area contributed by atoms with Crippen LogP contribution in [0.1, 0.15) is 24.8 Å². The Bertz CT molecular complexity index is 277. The normalized spacial score (nSPS) is 11.8. The fraction of sp³-hybridized carbons (Fsp3) is 0.455. The monoisotopic (exact) mass is 242 g/mol. The highest BCUT2D eigenvalue weighted by atomic mass is 31.1. The van der Waals surface area contributed by atoms with E-state index in [1.165, 1.54) is 5.56 Å². The minimum atomic E-state index is -2.23. The Morgan fingerprint density at radius 2 is 1.73 bits per heavy atom. The molecular weight excluding hydrogens is 222 g/mol. The van der Waals surface area contributed by atoms with Crippen molar-refractivity contribution >= 4 is 25.4 Å². The van der Waals surface area contributed by atoms with E-state index in [4.69, 9.17) is 4.89 Å². The maximum Gasteiger partial charge on any atom is 0.189 e. The largest absolute Gasteiger partial charge is 0.346 e. The fourth-order valence-electron chi connectivity index (χ4n) is 1.43. The molecule has 0 aliphatic heterocycles. The van der Waals surface area contributed by atoms with Crippen LogP contribution in [0.2, 0.25) is 0 Å². The molecule has 0 fully saturated rings. The molecule has 0 bridgehead atoms. The molecular formula is C11H20AlO2P. The molecule has 0 radical (unpaired) electrons. The summed E-state index contributed by atoms with van der Waals surface area (Å²) in [5.74, 6) is 0. The van der Waals surface area contributed by atoms with Gasteiger partial charge in [-0.3, -0.25) is 4.57 Å². The van der Waals surface area contributed by atoms with Gasteiger partial charge in [-0.25, -0.2) is 0 Å². The molecule has 84 valence electrons. The van der Waals surface area contributed by atoms with E-state index in [0.29, 0.717) is 6.16 Å². The van der Waals surface area contributed by atoms with Gasteiger partial charge in [-0.05, 0) is 24.8 Å². The summed E-state index contributed by atoms with van der Waals surface area (Å²) in [5.41, 5.74) is 1.35. The van der Waals surface area contributed by atoms with E-state index in [1.54, 1.807) is 0 Å². The molecule has 2 nitrogen and oxygen atoms in total. The van der Waals surface area contributed by atoms with Crippen LogP contribution in [0, 0.1) is 0 Å². The van der Waals surface area contributed by atoms with Crippen LogP contribution in [0.4, 0.5) is 0 Å². The van der Waals surface area contributed by atoms with Crippen molar-refractivity contribution in [1.82, 2.24) is 0 Å². The highest BCUT2D eigenvalue weighted by molar-refractivity contribution is 7.37. The average molecular weight is 242 g/mol. The van der Waals surface area contributed by atoms with E-state index in [-0.39, 0.29) is 17.4 Å². The highest BCUT2D eigenvalue weighted by Crippen LogP contribution is 2.16. The summed E-state index contributed by atoms with van der Waals surface area (Å²) in [6, 6.07) is 10.3. The fourth-order valence-corrected chi connectivity index (χ4v) is 1.98. The van der Waals surface area contributed by atoms with Gasteiger partial charge in [-0.1, -0.05) is 36.8 Å². The lowest BCUT2D eigenvalue weighted by Gasteiger charge is -2.00. The third kappa shape index (κ3) is 7.82. The van der Waals surface area contributed by atoms with Crippen molar-refractivity contribution in [3.8, 4) is 0 Å². The van der Waals surface area contributed by atoms with Gasteiger partial charge >= 0.3 is 0 Å². The molecule has 0 aliphatic carbocycles. The molecule has 0 heterocycles. The minimum Gasteiger partial charge on any atom is -0.346 e. The third-order valence-corrected chi connectivity index (χ3v) is 2.98. The van der Waals surface area contributed by atoms with Crippen LogP contribution < -0.4 is 0 Å². The van der Waals surface area contributed by atoms with Gasteiger partial charge in [0.25, 0.3) is 0 Å². The summed E-state index contributed by atoms with van der Waals surface area (Å²) < 4.78 is 10.4. The summed E-state index contributed by atoms with van der Waals surface area (Å²) in [7, 11) is -2.23. The zero-order valence-corrected chi connectivity index (χ0v) is 9.28. The first-order valence-corrected chi connectivity index (χ1v) is 6.61. The zero-order chi connectivity index (χ0) is 10.2. The molecule has 4 heteroatoms. The first kappa shape index (κ1) is 14.9. The third-order valence-electron chi connectivity index (χ3n) is 2.20. The van der Waals surface area contributed by atoms with Gasteiger partial charge in [-0.2, -0.15) is 0 Å². The first-order chi connectivity index (χ1) is 6.79. The minimum absolute atomic E-state index is 0. The first-order valence-electron chi connectivity index (χ1n) is 5.05. The van der Waals surface area contributed by atoms with Crippen molar-refractivity contribution < 1.29 is 9.46 Å². The summed E-state index contributed by atoms with van der Waals surface area (Å²) in [5, 5.41) is 0. The van der Waals surface area contributed by atoms with Gasteiger partial charge in [0.05, 0.1) is 0 Å². The van der Waals surface area contributed by atoms with Crippen molar-refractivity contribution in [3.05, 3.63) is 35.9 Å². The Balaban J connectivity index is 0.00000196. The van der Waals surface area contributed by atoms with Crippen molar-refractivity contribution in [2.75, 3.05) is 6.16 Å². The predicted octanol–water partition coefficient (Wildman–Crippen LogP) is 1.68. The highest BCUT2D eigenvalue weighted by Gasteiger charge is 1.95. The number of hydrogen-bond acceptors (Lipinski definition) is 1. The van der Waals surface area contributed by atoms with Crippen LogP contribution in [0.15, 0.2) is 30.3 Å². The predicted molar refractivity (Wildman–Crippen MR) is 70.0 cm³/mol. The molecule has 1 aromatic carbocycles. The second kappa shape index (κ2) is 9.19. The topological polar surface area (TPSA) is 37.3 Å². The SMILES string of the molecule is O=[PH](O)CCCCCc1ccccc1.[AlH3]. The molecule has 1 unspecified atom stereocenters. The van der Waals surface area contributed by atoms with E-state index in [1.807, 2.05) is 18.2 Å². The average Bonchev–Trinajstić information content (AvgIpc) is 2.18. The molecule has 1 aromatic rings. The lowest BCUT2D eigenvalue weighted by molar-refractivity contribution is 0.499. The number of benzene rings is 1. The molecule has 0 aromatic heterocycles. The number of hydrogen-bond donors (Lipinski definition) is 1. The van der Waals surface area contributed by atoms with Gasteiger partial charge in [0, 0.05) is 6.16 Å². The van der Waals surface area contributed by atoms with Crippen molar-refractivity contribution in [2.45, 2.75) is 25.7 Å². The van der Waals surface area contributed by atoms with Crippen LogP contribution in [-0.2, 0) is 11.0 Å². The lowest BCUT2D eigenvalue weighted by Crippen LogP contribution is -1.86. The molecule has 0 saturated carbocycles. The molecule has 15 heavy (non-hydrogen) atoms. The Morgan fingerprint density at radius 1 is 1.07 bits per heavy atom. The second-order valence-corrected chi connectivity index (χ2v) is 4.73. The van der Waals surface area contributed by atoms with Gasteiger partial charge in [0.1, 0.15) is 0 Å². The number of unbranched alkanes of at least 4 members (excludes halogenated alkanes) is 2.